The summed E-state index contributed by atoms with van der Waals surface area (Å²) in [5.74, 6) is 0.146. The summed E-state index contributed by atoms with van der Waals surface area (Å²) in [6.07, 6.45) is 3.64. The lowest BCUT2D eigenvalue weighted by molar-refractivity contribution is -0.121. The third-order valence-electron chi connectivity index (χ3n) is 1.81. The Morgan fingerprint density at radius 3 is 2.62 bits per heavy atom. The summed E-state index contributed by atoms with van der Waals surface area (Å²) in [4.78, 5) is 11.1. The predicted octanol–water partition coefficient (Wildman–Crippen LogP) is -0.159. The second-order valence-electron chi connectivity index (χ2n) is 3.05. The van der Waals surface area contributed by atoms with Gasteiger partial charge in [-0.2, -0.15) is 0 Å². The number of nitrogens with one attached hydrogen (secondary N) is 2. The maximum Gasteiger partial charge on any atom is 0.220 e. The maximum atomic E-state index is 11.1. The fourth-order valence-corrected chi connectivity index (χ4v) is 1.02. The van der Waals surface area contributed by atoms with E-state index in [4.69, 9.17) is 5.73 Å². The number of hydrogen-bond donors (Lipinski definition) is 3. The Kier molecular flexibility index (Phi) is 9.03. The van der Waals surface area contributed by atoms with Crippen LogP contribution >= 0.6 is 0 Å². The van der Waals surface area contributed by atoms with Crippen LogP contribution in [0.4, 0.5) is 0 Å². The van der Waals surface area contributed by atoms with Gasteiger partial charge < -0.3 is 16.4 Å². The van der Waals surface area contributed by atoms with Crippen molar-refractivity contribution < 1.29 is 4.79 Å². The summed E-state index contributed by atoms with van der Waals surface area (Å²) in [7, 11) is 1.87. The molecular formula is C9H21N3O. The van der Waals surface area contributed by atoms with E-state index in [1.165, 1.54) is 0 Å². The Balaban J connectivity index is 3.11. The quantitative estimate of drug-likeness (QED) is 0.463. The average Bonchev–Trinajstić information content (AvgIpc) is 2.13. The number of unbranched alkanes of at least 4 members (excludes halogenated alkanes) is 2. The molecule has 0 rings (SSSR count). The first kappa shape index (κ1) is 12.4. The maximum absolute atomic E-state index is 11.1. The molecule has 0 unspecified atom stereocenters. The molecule has 0 aromatic heterocycles. The van der Waals surface area contributed by atoms with Gasteiger partial charge in [-0.05, 0) is 26.4 Å². The number of likely N-dealkylation sites (N-methyl/N-ethyl adjacent to an activating group) is 1. The molecule has 0 aliphatic heterocycles. The molecule has 4 heteroatoms. The van der Waals surface area contributed by atoms with Crippen molar-refractivity contribution in [3.8, 4) is 0 Å². The van der Waals surface area contributed by atoms with Crippen LogP contribution in [0.15, 0.2) is 0 Å². The molecule has 0 aromatic carbocycles. The fourth-order valence-electron chi connectivity index (χ4n) is 1.02. The lowest BCUT2D eigenvalue weighted by atomic mass is 10.2. The van der Waals surface area contributed by atoms with Crippen molar-refractivity contribution in [1.29, 1.82) is 0 Å². The molecule has 0 atom stereocenters. The first-order valence-corrected chi connectivity index (χ1v) is 4.92. The molecule has 0 radical (unpaired) electrons. The zero-order valence-electron chi connectivity index (χ0n) is 8.44. The van der Waals surface area contributed by atoms with E-state index in [1.54, 1.807) is 0 Å². The van der Waals surface area contributed by atoms with E-state index < -0.39 is 0 Å². The van der Waals surface area contributed by atoms with Gasteiger partial charge in [-0.3, -0.25) is 4.79 Å². The van der Waals surface area contributed by atoms with Crippen LogP contribution in [0.2, 0.25) is 0 Å². The Hall–Kier alpha value is -0.610. The van der Waals surface area contributed by atoms with Crippen LogP contribution in [0.1, 0.15) is 25.7 Å². The van der Waals surface area contributed by atoms with Crippen molar-refractivity contribution >= 4 is 5.91 Å². The average molecular weight is 187 g/mol. The SMILES string of the molecule is CNCCNC(=O)CCCCCN. The highest BCUT2D eigenvalue weighted by Gasteiger charge is 1.98. The van der Waals surface area contributed by atoms with Gasteiger partial charge in [-0.25, -0.2) is 0 Å². The molecule has 0 saturated heterocycles. The van der Waals surface area contributed by atoms with Gasteiger partial charge in [0.15, 0.2) is 0 Å². The van der Waals surface area contributed by atoms with Crippen molar-refractivity contribution in [2.24, 2.45) is 5.73 Å². The lowest BCUT2D eigenvalue weighted by Crippen LogP contribution is -2.30. The Morgan fingerprint density at radius 1 is 1.23 bits per heavy atom. The van der Waals surface area contributed by atoms with Crippen molar-refractivity contribution in [3.05, 3.63) is 0 Å². The van der Waals surface area contributed by atoms with Gasteiger partial charge in [0.2, 0.25) is 5.91 Å². The number of amides is 1. The summed E-state index contributed by atoms with van der Waals surface area (Å²) >= 11 is 0. The van der Waals surface area contributed by atoms with E-state index >= 15 is 0 Å². The number of nitrogens with two attached hydrogens (primary N) is 1. The minimum absolute atomic E-state index is 0.146. The molecule has 0 heterocycles. The number of carbonyl (C=O) groups excluding carboxylic acids is 1. The second-order valence-corrected chi connectivity index (χ2v) is 3.05. The topological polar surface area (TPSA) is 67.1 Å². The number of carbonyl (C=O) groups is 1. The smallest absolute Gasteiger partial charge is 0.220 e. The molecule has 13 heavy (non-hydrogen) atoms. The molecule has 0 bridgehead atoms. The molecule has 0 aliphatic carbocycles. The van der Waals surface area contributed by atoms with Gasteiger partial charge in [0.1, 0.15) is 0 Å². The van der Waals surface area contributed by atoms with Gasteiger partial charge in [-0.1, -0.05) is 6.42 Å². The molecule has 1 amide bonds. The highest BCUT2D eigenvalue weighted by atomic mass is 16.1. The molecule has 0 saturated carbocycles. The van der Waals surface area contributed by atoms with E-state index in [2.05, 4.69) is 10.6 Å². The zero-order chi connectivity index (χ0) is 9.94. The third kappa shape index (κ3) is 9.30. The van der Waals surface area contributed by atoms with Crippen molar-refractivity contribution in [2.45, 2.75) is 25.7 Å². The summed E-state index contributed by atoms with van der Waals surface area (Å²) in [5.41, 5.74) is 5.33. The highest BCUT2D eigenvalue weighted by Crippen LogP contribution is 1.97. The monoisotopic (exact) mass is 187 g/mol. The number of rotatable bonds is 8. The van der Waals surface area contributed by atoms with Gasteiger partial charge in [0, 0.05) is 19.5 Å². The van der Waals surface area contributed by atoms with E-state index in [0.717, 1.165) is 32.4 Å². The van der Waals surface area contributed by atoms with E-state index in [0.29, 0.717) is 13.0 Å². The molecule has 78 valence electrons. The van der Waals surface area contributed by atoms with Crippen LogP contribution in [-0.4, -0.2) is 32.6 Å². The largest absolute Gasteiger partial charge is 0.355 e. The van der Waals surface area contributed by atoms with Crippen LogP contribution in [0.3, 0.4) is 0 Å². The zero-order valence-corrected chi connectivity index (χ0v) is 8.44. The summed E-state index contributed by atoms with van der Waals surface area (Å²) in [6.45, 7) is 2.27. The third-order valence-corrected chi connectivity index (χ3v) is 1.81. The van der Waals surface area contributed by atoms with Crippen molar-refractivity contribution in [2.75, 3.05) is 26.7 Å². The van der Waals surface area contributed by atoms with E-state index in [1.807, 2.05) is 7.05 Å². The highest BCUT2D eigenvalue weighted by molar-refractivity contribution is 5.75. The standard InChI is InChI=1S/C9H21N3O/c1-11-7-8-12-9(13)5-3-2-4-6-10/h11H,2-8,10H2,1H3,(H,12,13). The number of hydrogen-bond acceptors (Lipinski definition) is 3. The molecule has 4 nitrogen and oxygen atoms in total. The predicted molar refractivity (Wildman–Crippen MR) is 54.5 cm³/mol. The Morgan fingerprint density at radius 2 is 2.00 bits per heavy atom. The Labute approximate surface area is 80.3 Å². The minimum Gasteiger partial charge on any atom is -0.355 e. The van der Waals surface area contributed by atoms with Crippen LogP contribution in [-0.2, 0) is 4.79 Å². The first-order valence-electron chi connectivity index (χ1n) is 4.92. The second kappa shape index (κ2) is 9.48. The molecule has 0 spiro atoms. The van der Waals surface area contributed by atoms with Crippen molar-refractivity contribution in [3.63, 3.8) is 0 Å². The molecular weight excluding hydrogens is 166 g/mol. The minimum atomic E-state index is 0.146. The summed E-state index contributed by atoms with van der Waals surface area (Å²) in [5, 5.41) is 5.80. The summed E-state index contributed by atoms with van der Waals surface area (Å²) in [6, 6.07) is 0. The van der Waals surface area contributed by atoms with Crippen LogP contribution in [0.5, 0.6) is 0 Å². The molecule has 0 aromatic rings. The van der Waals surface area contributed by atoms with Gasteiger partial charge in [0.05, 0.1) is 0 Å². The van der Waals surface area contributed by atoms with Gasteiger partial charge >= 0.3 is 0 Å². The lowest BCUT2D eigenvalue weighted by Gasteiger charge is -2.03. The molecule has 0 aliphatic rings. The van der Waals surface area contributed by atoms with Crippen LogP contribution in [0, 0.1) is 0 Å². The van der Waals surface area contributed by atoms with E-state index in [-0.39, 0.29) is 5.91 Å². The normalized spacial score (nSPS) is 10.0. The van der Waals surface area contributed by atoms with Gasteiger partial charge in [0.25, 0.3) is 0 Å². The Bertz CT molecular complexity index is 128. The fraction of sp³-hybridized carbons (Fsp3) is 0.889. The van der Waals surface area contributed by atoms with Crippen molar-refractivity contribution in [1.82, 2.24) is 10.6 Å². The van der Waals surface area contributed by atoms with Gasteiger partial charge in [-0.15, -0.1) is 0 Å². The molecule has 0 fully saturated rings. The first-order chi connectivity index (χ1) is 6.31. The van der Waals surface area contributed by atoms with Crippen LogP contribution in [0.25, 0.3) is 0 Å². The van der Waals surface area contributed by atoms with Crippen LogP contribution < -0.4 is 16.4 Å². The van der Waals surface area contributed by atoms with E-state index in [9.17, 15) is 4.79 Å². The summed E-state index contributed by atoms with van der Waals surface area (Å²) < 4.78 is 0. The molecule has 4 N–H and O–H groups in total.